The van der Waals surface area contributed by atoms with Gasteiger partial charge in [-0.1, -0.05) is 18.2 Å². The van der Waals surface area contributed by atoms with E-state index in [-0.39, 0.29) is 23.8 Å². The number of nitrogens with one attached hydrogen (secondary N) is 1. The Bertz CT molecular complexity index is 1180. The minimum absolute atomic E-state index is 0.0349. The number of pyridine rings is 1. The molecule has 9 nitrogen and oxygen atoms in total. The number of morpholine rings is 1. The lowest BCUT2D eigenvalue weighted by molar-refractivity contribution is -0.136. The molecule has 1 aliphatic carbocycles. The molecule has 0 spiro atoms. The van der Waals surface area contributed by atoms with Gasteiger partial charge in [0.05, 0.1) is 25.7 Å². The first-order valence-corrected chi connectivity index (χ1v) is 14.5. The van der Waals surface area contributed by atoms with Crippen molar-refractivity contribution in [2.45, 2.75) is 37.9 Å². The molecule has 3 atom stereocenters. The van der Waals surface area contributed by atoms with E-state index in [0.717, 1.165) is 70.0 Å². The van der Waals surface area contributed by atoms with Crippen LogP contribution in [-0.2, 0) is 16.1 Å². The van der Waals surface area contributed by atoms with Gasteiger partial charge in [-0.2, -0.15) is 0 Å². The molecule has 206 valence electrons. The second-order valence-corrected chi connectivity index (χ2v) is 11.3. The van der Waals surface area contributed by atoms with Crippen molar-refractivity contribution >= 4 is 35.0 Å². The zero-order valence-corrected chi connectivity index (χ0v) is 23.0. The Balaban J connectivity index is 1.05. The van der Waals surface area contributed by atoms with Crippen LogP contribution in [-0.4, -0.2) is 101 Å². The number of aromatic nitrogens is 1. The predicted molar refractivity (Wildman–Crippen MR) is 152 cm³/mol. The number of thiocarbonyl (C=S) groups is 1. The molecule has 3 unspecified atom stereocenters. The first-order valence-electron chi connectivity index (χ1n) is 14.0. The molecule has 10 heteroatoms. The Morgan fingerprint density at radius 3 is 2.49 bits per heavy atom. The summed E-state index contributed by atoms with van der Waals surface area (Å²) in [5.74, 6) is 1.04. The lowest BCUT2D eigenvalue weighted by atomic mass is 9.79. The third kappa shape index (κ3) is 5.64. The largest absolute Gasteiger partial charge is 0.379 e. The number of nitrogens with zero attached hydrogens (tertiary/aromatic N) is 5. The van der Waals surface area contributed by atoms with Crippen LogP contribution in [0.3, 0.4) is 0 Å². The molecule has 0 radical (unpaired) electrons. The minimum Gasteiger partial charge on any atom is -0.379 e. The summed E-state index contributed by atoms with van der Waals surface area (Å²) in [6.45, 7) is 6.68. The van der Waals surface area contributed by atoms with Crippen LogP contribution in [0.25, 0.3) is 0 Å². The van der Waals surface area contributed by atoms with Crippen molar-refractivity contribution in [2.24, 2.45) is 5.92 Å². The van der Waals surface area contributed by atoms with E-state index in [1.54, 1.807) is 11.1 Å². The van der Waals surface area contributed by atoms with Crippen LogP contribution >= 0.6 is 12.2 Å². The number of carbonyl (C=O) groups excluding carboxylic acids is 2. The average molecular weight is 549 g/mol. The van der Waals surface area contributed by atoms with Crippen molar-refractivity contribution in [3.8, 4) is 0 Å². The van der Waals surface area contributed by atoms with Crippen LogP contribution in [0.1, 0.15) is 35.2 Å². The van der Waals surface area contributed by atoms with Gasteiger partial charge in [-0.05, 0) is 61.3 Å². The Kier molecular flexibility index (Phi) is 7.76. The van der Waals surface area contributed by atoms with Gasteiger partial charge in [0.1, 0.15) is 5.82 Å². The summed E-state index contributed by atoms with van der Waals surface area (Å²) in [7, 11) is 0. The molecule has 1 saturated carbocycles. The summed E-state index contributed by atoms with van der Waals surface area (Å²) in [6.07, 6.45) is 4.69. The molecule has 3 saturated heterocycles. The van der Waals surface area contributed by atoms with E-state index in [1.807, 2.05) is 47.4 Å². The molecule has 3 aliphatic heterocycles. The summed E-state index contributed by atoms with van der Waals surface area (Å²) in [5.41, 5.74) is 1.62. The van der Waals surface area contributed by atoms with Crippen LogP contribution in [0, 0.1) is 5.92 Å². The van der Waals surface area contributed by atoms with Crippen molar-refractivity contribution in [1.82, 2.24) is 25.0 Å². The number of piperazine rings is 1. The molecule has 1 N–H and O–H groups in total. The topological polar surface area (TPSA) is 81.2 Å². The van der Waals surface area contributed by atoms with Gasteiger partial charge in [0.25, 0.3) is 5.91 Å². The summed E-state index contributed by atoms with van der Waals surface area (Å²) in [6, 6.07) is 14.1. The van der Waals surface area contributed by atoms with Crippen LogP contribution in [0.5, 0.6) is 0 Å². The fraction of sp³-hybridized carbons (Fsp3) is 0.517. The fourth-order valence-corrected chi connectivity index (χ4v) is 6.66. The third-order valence-corrected chi connectivity index (χ3v) is 8.94. The highest BCUT2D eigenvalue weighted by Crippen LogP contribution is 2.33. The van der Waals surface area contributed by atoms with Gasteiger partial charge < -0.3 is 19.9 Å². The fourth-order valence-electron chi connectivity index (χ4n) is 6.35. The summed E-state index contributed by atoms with van der Waals surface area (Å²) >= 11 is 5.62. The third-order valence-electron chi connectivity index (χ3n) is 8.60. The highest BCUT2D eigenvalue weighted by atomic mass is 32.1. The maximum absolute atomic E-state index is 13.6. The van der Waals surface area contributed by atoms with Gasteiger partial charge in [-0.25, -0.2) is 4.98 Å². The van der Waals surface area contributed by atoms with Gasteiger partial charge in [-0.3, -0.25) is 19.4 Å². The maximum Gasteiger partial charge on any atom is 0.253 e. The van der Waals surface area contributed by atoms with Gasteiger partial charge in [0, 0.05) is 63.1 Å². The molecule has 6 rings (SSSR count). The molecular weight excluding hydrogens is 512 g/mol. The molecule has 39 heavy (non-hydrogen) atoms. The van der Waals surface area contributed by atoms with E-state index in [4.69, 9.17) is 17.0 Å². The van der Waals surface area contributed by atoms with Crippen molar-refractivity contribution in [3.05, 3.63) is 59.8 Å². The Labute approximate surface area is 235 Å². The molecule has 4 fully saturated rings. The van der Waals surface area contributed by atoms with E-state index in [9.17, 15) is 9.59 Å². The number of hydrogen-bond acceptors (Lipinski definition) is 7. The highest BCUT2D eigenvalue weighted by Gasteiger charge is 2.44. The monoisotopic (exact) mass is 548 g/mol. The van der Waals surface area contributed by atoms with E-state index in [1.165, 1.54) is 0 Å². The van der Waals surface area contributed by atoms with Gasteiger partial charge in [0.2, 0.25) is 5.91 Å². The number of carbonyl (C=O) groups is 2. The first-order chi connectivity index (χ1) is 19.1. The number of benzene rings is 1. The summed E-state index contributed by atoms with van der Waals surface area (Å²) in [4.78, 5) is 39.5. The van der Waals surface area contributed by atoms with Crippen LogP contribution in [0.2, 0.25) is 0 Å². The van der Waals surface area contributed by atoms with Crippen molar-refractivity contribution in [1.29, 1.82) is 0 Å². The smallest absolute Gasteiger partial charge is 0.253 e. The summed E-state index contributed by atoms with van der Waals surface area (Å²) < 4.78 is 5.52. The normalized spacial score (nSPS) is 26.3. The average Bonchev–Trinajstić information content (AvgIpc) is 3.00. The molecular formula is C29H36N6O3S. The zero-order valence-electron chi connectivity index (χ0n) is 22.2. The Morgan fingerprint density at radius 2 is 1.77 bits per heavy atom. The number of amides is 2. The maximum atomic E-state index is 13.6. The number of ether oxygens (including phenoxy) is 1. The second kappa shape index (κ2) is 11.6. The SMILES string of the molecule is O=C(c1ccc(CN2C(=O)C3CC(N4CCOCC4)CCC3NC2=S)cc1)N1CCN(c2ccccn2)CC1. The minimum atomic E-state index is -0.0658. The molecule has 1 aromatic heterocycles. The van der Waals surface area contributed by atoms with Gasteiger partial charge in [-0.15, -0.1) is 0 Å². The molecule has 0 bridgehead atoms. The first kappa shape index (κ1) is 26.2. The predicted octanol–water partition coefficient (Wildman–Crippen LogP) is 2.13. The van der Waals surface area contributed by atoms with Crippen LogP contribution in [0.4, 0.5) is 5.82 Å². The molecule has 1 aromatic carbocycles. The van der Waals surface area contributed by atoms with Crippen LogP contribution in [0.15, 0.2) is 48.7 Å². The highest BCUT2D eigenvalue weighted by molar-refractivity contribution is 7.80. The standard InChI is InChI=1S/C29H36N6O3S/c36-27(34-13-11-33(12-14-34)26-3-1-2-10-30-26)22-6-4-21(5-7-22)20-35-28(37)24-19-23(32-15-17-38-18-16-32)8-9-25(24)31-29(35)39/h1-7,10,23-25H,8-9,11-20H2,(H,31,39). The number of fused-ring (bicyclic) bond motifs is 1. The second-order valence-electron chi connectivity index (χ2n) is 10.9. The van der Waals surface area contributed by atoms with E-state index in [0.29, 0.717) is 36.4 Å². The van der Waals surface area contributed by atoms with Gasteiger partial charge >= 0.3 is 0 Å². The zero-order chi connectivity index (χ0) is 26.8. The van der Waals surface area contributed by atoms with Crippen molar-refractivity contribution < 1.29 is 14.3 Å². The Morgan fingerprint density at radius 1 is 1.00 bits per heavy atom. The molecule has 2 amide bonds. The molecule has 2 aromatic rings. The van der Waals surface area contributed by atoms with Crippen molar-refractivity contribution in [2.75, 3.05) is 57.4 Å². The quantitative estimate of drug-likeness (QED) is 0.570. The van der Waals surface area contributed by atoms with E-state index >= 15 is 0 Å². The lowest BCUT2D eigenvalue weighted by Gasteiger charge is -2.46. The molecule has 4 aliphatic rings. The summed E-state index contributed by atoms with van der Waals surface area (Å²) in [5, 5.41) is 3.97. The molecule has 4 heterocycles. The van der Waals surface area contributed by atoms with Crippen molar-refractivity contribution in [3.63, 3.8) is 0 Å². The van der Waals surface area contributed by atoms with Crippen LogP contribution < -0.4 is 10.2 Å². The van der Waals surface area contributed by atoms with E-state index in [2.05, 4.69) is 20.1 Å². The Hall–Kier alpha value is -3.08. The van der Waals surface area contributed by atoms with Gasteiger partial charge in [0.15, 0.2) is 5.11 Å². The number of hydrogen-bond donors (Lipinski definition) is 1. The van der Waals surface area contributed by atoms with E-state index < -0.39 is 0 Å². The lowest BCUT2D eigenvalue weighted by Crippen LogP contribution is -2.62. The number of anilines is 1. The number of rotatable bonds is 5.